The van der Waals surface area contributed by atoms with E-state index in [1.165, 1.54) is 12.1 Å². The van der Waals surface area contributed by atoms with Crippen molar-refractivity contribution in [3.05, 3.63) is 40.8 Å². The largest absolute Gasteiger partial charge is 0.444 e. The first-order valence-corrected chi connectivity index (χ1v) is 11.2. The number of primary amides is 1. The van der Waals surface area contributed by atoms with E-state index in [1.807, 2.05) is 0 Å². The fraction of sp³-hybridized carbons (Fsp3) is 0.409. The van der Waals surface area contributed by atoms with E-state index in [0.29, 0.717) is 29.8 Å². The second-order valence-electron chi connectivity index (χ2n) is 8.71. The van der Waals surface area contributed by atoms with E-state index in [0.717, 1.165) is 23.5 Å². The average molecular weight is 481 g/mol. The molecule has 1 aliphatic rings. The lowest BCUT2D eigenvalue weighted by Gasteiger charge is -2.34. The van der Waals surface area contributed by atoms with Crippen molar-refractivity contribution in [2.45, 2.75) is 45.3 Å². The first-order chi connectivity index (χ1) is 15.4. The first kappa shape index (κ1) is 24.4. The van der Waals surface area contributed by atoms with E-state index in [2.05, 4.69) is 10.6 Å². The lowest BCUT2D eigenvalue weighted by atomic mass is 10.1. The molecule has 1 aromatic carbocycles. The summed E-state index contributed by atoms with van der Waals surface area (Å²) in [5, 5.41) is 5.27. The van der Waals surface area contributed by atoms with E-state index >= 15 is 0 Å². The number of piperidine rings is 1. The van der Waals surface area contributed by atoms with Gasteiger partial charge in [0.25, 0.3) is 5.91 Å². The van der Waals surface area contributed by atoms with E-state index in [9.17, 15) is 23.2 Å². The monoisotopic (exact) mass is 480 g/mol. The maximum Gasteiger partial charge on any atom is 0.410 e. The number of carbonyl (C=O) groups is 3. The van der Waals surface area contributed by atoms with Gasteiger partial charge in [-0.3, -0.25) is 4.79 Å². The standard InChI is InChI=1S/C22H26F2N4O4S/c1-22(2,3)32-21(31)28-8-4-5-13(11-28)26-19(29)18-16(27-20(25)30)10-17(33-18)12-6-7-14(23)15(24)9-12/h6-7,9-10,13H,4-5,8,11H2,1-3H3,(H,26,29)(H3,25,27,30)/t13-/m0/s1. The van der Waals surface area contributed by atoms with Crippen LogP contribution in [0.15, 0.2) is 24.3 Å². The Morgan fingerprint density at radius 2 is 1.91 bits per heavy atom. The Kier molecular flexibility index (Phi) is 7.21. The number of nitrogens with zero attached hydrogens (tertiary/aromatic N) is 1. The summed E-state index contributed by atoms with van der Waals surface area (Å²) in [7, 11) is 0. The number of nitrogens with two attached hydrogens (primary N) is 1. The lowest BCUT2D eigenvalue weighted by molar-refractivity contribution is 0.0185. The molecule has 0 spiro atoms. The molecule has 8 nitrogen and oxygen atoms in total. The van der Waals surface area contributed by atoms with Crippen LogP contribution in [0.2, 0.25) is 0 Å². The molecule has 178 valence electrons. The smallest absolute Gasteiger partial charge is 0.410 e. The van der Waals surface area contributed by atoms with Gasteiger partial charge in [0.15, 0.2) is 11.6 Å². The molecule has 1 fully saturated rings. The van der Waals surface area contributed by atoms with Crippen LogP contribution < -0.4 is 16.4 Å². The Morgan fingerprint density at radius 3 is 2.55 bits per heavy atom. The van der Waals surface area contributed by atoms with E-state index in [4.69, 9.17) is 10.5 Å². The Bertz CT molecular complexity index is 1070. The highest BCUT2D eigenvalue weighted by Gasteiger charge is 2.29. The van der Waals surface area contributed by atoms with E-state index < -0.39 is 35.3 Å². The van der Waals surface area contributed by atoms with Crippen LogP contribution in [-0.4, -0.2) is 47.7 Å². The molecule has 1 saturated heterocycles. The van der Waals surface area contributed by atoms with Crippen LogP contribution in [0, 0.1) is 11.6 Å². The van der Waals surface area contributed by atoms with Crippen molar-refractivity contribution in [3.63, 3.8) is 0 Å². The number of rotatable bonds is 4. The van der Waals surface area contributed by atoms with Gasteiger partial charge in [0.05, 0.1) is 5.69 Å². The molecule has 4 amide bonds. The highest BCUT2D eigenvalue weighted by atomic mass is 32.1. The second-order valence-corrected chi connectivity index (χ2v) is 9.76. The number of halogens is 2. The zero-order valence-electron chi connectivity index (χ0n) is 18.5. The van der Waals surface area contributed by atoms with Gasteiger partial charge in [0.2, 0.25) is 0 Å². The number of carbonyl (C=O) groups excluding carboxylic acids is 3. The van der Waals surface area contributed by atoms with Gasteiger partial charge in [-0.1, -0.05) is 6.07 Å². The molecule has 2 aromatic rings. The number of benzene rings is 1. The van der Waals surface area contributed by atoms with Gasteiger partial charge in [-0.15, -0.1) is 11.3 Å². The van der Waals surface area contributed by atoms with Crippen LogP contribution >= 0.6 is 11.3 Å². The minimum Gasteiger partial charge on any atom is -0.444 e. The summed E-state index contributed by atoms with van der Waals surface area (Å²) in [4.78, 5) is 39.0. The van der Waals surface area contributed by atoms with Crippen LogP contribution in [0.3, 0.4) is 0 Å². The van der Waals surface area contributed by atoms with Crippen molar-refractivity contribution in [1.82, 2.24) is 10.2 Å². The first-order valence-electron chi connectivity index (χ1n) is 10.4. The minimum absolute atomic E-state index is 0.155. The van der Waals surface area contributed by atoms with E-state index in [1.54, 1.807) is 25.7 Å². The molecule has 11 heteroatoms. The van der Waals surface area contributed by atoms with Crippen LogP contribution in [0.5, 0.6) is 0 Å². The van der Waals surface area contributed by atoms with Gasteiger partial charge in [-0.25, -0.2) is 18.4 Å². The Morgan fingerprint density at radius 1 is 1.18 bits per heavy atom. The third-order valence-corrected chi connectivity index (χ3v) is 5.99. The molecule has 1 aliphatic heterocycles. The summed E-state index contributed by atoms with van der Waals surface area (Å²) in [6, 6.07) is 3.65. The molecule has 33 heavy (non-hydrogen) atoms. The molecular formula is C22H26F2N4O4S. The second kappa shape index (κ2) is 9.74. The Labute approximate surface area is 194 Å². The Hall–Kier alpha value is -3.21. The number of hydrogen-bond donors (Lipinski definition) is 3. The predicted octanol–water partition coefficient (Wildman–Crippen LogP) is 4.31. The number of hydrogen-bond acceptors (Lipinski definition) is 5. The highest BCUT2D eigenvalue weighted by Crippen LogP contribution is 2.35. The van der Waals surface area contributed by atoms with Crippen molar-refractivity contribution in [2.24, 2.45) is 5.73 Å². The summed E-state index contributed by atoms with van der Waals surface area (Å²) in [6.07, 6.45) is 0.890. The quantitative estimate of drug-likeness (QED) is 0.605. The number of amides is 4. The topological polar surface area (TPSA) is 114 Å². The van der Waals surface area contributed by atoms with Gasteiger partial charge in [-0.2, -0.15) is 0 Å². The molecule has 0 bridgehead atoms. The maximum absolute atomic E-state index is 13.7. The molecule has 0 aliphatic carbocycles. The molecule has 0 saturated carbocycles. The molecule has 1 aromatic heterocycles. The highest BCUT2D eigenvalue weighted by molar-refractivity contribution is 7.18. The van der Waals surface area contributed by atoms with Gasteiger partial charge >= 0.3 is 12.1 Å². The summed E-state index contributed by atoms with van der Waals surface area (Å²) < 4.78 is 32.4. The van der Waals surface area contributed by atoms with Crippen LogP contribution in [0.4, 0.5) is 24.1 Å². The third-order valence-electron chi connectivity index (χ3n) is 4.81. The molecule has 2 heterocycles. The fourth-order valence-corrected chi connectivity index (χ4v) is 4.43. The van der Waals surface area contributed by atoms with Crippen molar-refractivity contribution in [3.8, 4) is 10.4 Å². The van der Waals surface area contributed by atoms with Crippen LogP contribution in [0.25, 0.3) is 10.4 Å². The predicted molar refractivity (Wildman–Crippen MR) is 121 cm³/mol. The van der Waals surface area contributed by atoms with Crippen molar-refractivity contribution >= 4 is 35.1 Å². The van der Waals surface area contributed by atoms with Gasteiger partial charge in [0, 0.05) is 24.0 Å². The summed E-state index contributed by atoms with van der Waals surface area (Å²) in [6.45, 7) is 6.14. The van der Waals surface area contributed by atoms with Crippen molar-refractivity contribution in [2.75, 3.05) is 18.4 Å². The van der Waals surface area contributed by atoms with Gasteiger partial charge in [0.1, 0.15) is 10.5 Å². The number of urea groups is 1. The normalized spacial score (nSPS) is 16.3. The summed E-state index contributed by atoms with van der Waals surface area (Å²) >= 11 is 1.00. The molecule has 1 atom stereocenters. The van der Waals surface area contributed by atoms with Crippen molar-refractivity contribution in [1.29, 1.82) is 0 Å². The van der Waals surface area contributed by atoms with Gasteiger partial charge in [-0.05, 0) is 57.4 Å². The zero-order valence-corrected chi connectivity index (χ0v) is 19.4. The summed E-state index contributed by atoms with van der Waals surface area (Å²) in [5.74, 6) is -2.50. The third kappa shape index (κ3) is 6.41. The summed E-state index contributed by atoms with van der Waals surface area (Å²) in [5.41, 5.74) is 5.10. The number of likely N-dealkylation sites (tertiary alicyclic amines) is 1. The maximum atomic E-state index is 13.7. The zero-order chi connectivity index (χ0) is 24.3. The van der Waals surface area contributed by atoms with Crippen LogP contribution in [0.1, 0.15) is 43.3 Å². The molecule has 0 unspecified atom stereocenters. The number of ether oxygens (including phenoxy) is 1. The Balaban J connectivity index is 1.78. The average Bonchev–Trinajstić information content (AvgIpc) is 3.12. The van der Waals surface area contributed by atoms with E-state index in [-0.39, 0.29) is 23.2 Å². The SMILES string of the molecule is CC(C)(C)OC(=O)N1CCC[C@H](NC(=O)c2sc(-c3ccc(F)c(F)c3)cc2NC(N)=O)C1. The lowest BCUT2D eigenvalue weighted by Crippen LogP contribution is -2.50. The number of thiophene rings is 1. The molecule has 4 N–H and O–H groups in total. The van der Waals surface area contributed by atoms with Gasteiger partial charge < -0.3 is 26.0 Å². The minimum atomic E-state index is -1.03. The molecule has 3 rings (SSSR count). The number of anilines is 1. The van der Waals surface area contributed by atoms with Crippen molar-refractivity contribution < 1.29 is 27.9 Å². The number of nitrogens with one attached hydrogen (secondary N) is 2. The fourth-order valence-electron chi connectivity index (χ4n) is 3.42. The van der Waals surface area contributed by atoms with Crippen LogP contribution in [-0.2, 0) is 4.74 Å². The molecular weight excluding hydrogens is 454 g/mol. The molecule has 0 radical (unpaired) electrons.